The van der Waals surface area contributed by atoms with E-state index < -0.39 is 5.97 Å². The highest BCUT2D eigenvalue weighted by Gasteiger charge is 2.23. The molecule has 0 bridgehead atoms. The summed E-state index contributed by atoms with van der Waals surface area (Å²) in [5.74, 6) is -0.924. The van der Waals surface area contributed by atoms with Crippen molar-refractivity contribution in [2.45, 2.75) is 32.6 Å². The average molecular weight is 293 g/mol. The number of carbonyl (C=O) groups is 1. The molecule has 1 aliphatic rings. The van der Waals surface area contributed by atoms with E-state index in [1.54, 1.807) is 11.3 Å². The van der Waals surface area contributed by atoms with Crippen molar-refractivity contribution in [3.05, 3.63) is 26.9 Å². The summed E-state index contributed by atoms with van der Waals surface area (Å²) in [6.07, 6.45) is 4.33. The van der Waals surface area contributed by atoms with Crippen LogP contribution in [0.3, 0.4) is 0 Å². The first-order valence-corrected chi connectivity index (χ1v) is 8.01. The number of nitrogens with two attached hydrogens (primary N) is 1. The summed E-state index contributed by atoms with van der Waals surface area (Å²) in [6.45, 7) is 2.02. The smallest absolute Gasteiger partial charge is 0.348 e. The molecule has 0 saturated carbocycles. The molecule has 2 aromatic rings. The Labute approximate surface area is 119 Å². The average Bonchev–Trinajstić information content (AvgIpc) is 2.99. The third-order valence-electron chi connectivity index (χ3n) is 3.57. The van der Waals surface area contributed by atoms with Crippen molar-refractivity contribution in [1.29, 1.82) is 0 Å². The molecule has 0 spiro atoms. The van der Waals surface area contributed by atoms with Gasteiger partial charge < -0.3 is 10.8 Å². The van der Waals surface area contributed by atoms with Gasteiger partial charge in [-0.1, -0.05) is 6.92 Å². The molecule has 3 nitrogen and oxygen atoms in total. The van der Waals surface area contributed by atoms with E-state index in [1.165, 1.54) is 33.1 Å². The maximum absolute atomic E-state index is 11.2. The van der Waals surface area contributed by atoms with Crippen LogP contribution in [0.2, 0.25) is 0 Å². The zero-order chi connectivity index (χ0) is 13.6. The fraction of sp³-hybridized carbons (Fsp3) is 0.357. The van der Waals surface area contributed by atoms with Crippen LogP contribution in [-0.4, -0.2) is 11.1 Å². The third-order valence-corrected chi connectivity index (χ3v) is 6.22. The van der Waals surface area contributed by atoms with Crippen LogP contribution in [0.4, 0.5) is 5.69 Å². The Kier molecular flexibility index (Phi) is 3.11. The second kappa shape index (κ2) is 4.65. The number of fused-ring (bicyclic) bond motifs is 1. The Balaban J connectivity index is 2.13. The molecule has 0 atom stereocenters. The molecule has 0 aliphatic heterocycles. The standard InChI is InChI=1S/C14H15NO2S2/c1-2-8-11(15)13(14(16)17)19-12(8)10-6-7-4-3-5-9(7)18-10/h6H,2-5,15H2,1H3,(H,16,17). The van der Waals surface area contributed by atoms with Crippen LogP contribution < -0.4 is 5.73 Å². The third kappa shape index (κ3) is 1.97. The molecular weight excluding hydrogens is 278 g/mol. The van der Waals surface area contributed by atoms with Gasteiger partial charge in [0.2, 0.25) is 0 Å². The van der Waals surface area contributed by atoms with E-state index >= 15 is 0 Å². The molecule has 3 N–H and O–H groups in total. The van der Waals surface area contributed by atoms with Crippen LogP contribution in [0, 0.1) is 0 Å². The first-order valence-electron chi connectivity index (χ1n) is 6.38. The molecule has 0 unspecified atom stereocenters. The van der Waals surface area contributed by atoms with Gasteiger partial charge >= 0.3 is 5.97 Å². The van der Waals surface area contributed by atoms with Gasteiger partial charge in [-0.05, 0) is 42.9 Å². The molecule has 0 fully saturated rings. The van der Waals surface area contributed by atoms with Gasteiger partial charge in [-0.2, -0.15) is 0 Å². The topological polar surface area (TPSA) is 63.3 Å². The van der Waals surface area contributed by atoms with Gasteiger partial charge in [0.25, 0.3) is 0 Å². The monoisotopic (exact) mass is 293 g/mol. The summed E-state index contributed by atoms with van der Waals surface area (Å²) in [4.78, 5) is 15.2. The summed E-state index contributed by atoms with van der Waals surface area (Å²) < 4.78 is 0. The minimum Gasteiger partial charge on any atom is -0.477 e. The number of carboxylic acids is 1. The lowest BCUT2D eigenvalue weighted by Gasteiger charge is -1.99. The maximum Gasteiger partial charge on any atom is 0.348 e. The minimum absolute atomic E-state index is 0.278. The maximum atomic E-state index is 11.2. The largest absolute Gasteiger partial charge is 0.477 e. The van der Waals surface area contributed by atoms with E-state index in [2.05, 4.69) is 6.07 Å². The first-order chi connectivity index (χ1) is 9.11. The second-order valence-corrected chi connectivity index (χ2v) is 6.88. The number of carboxylic acid groups (broad SMARTS) is 1. The first kappa shape index (κ1) is 12.7. The predicted octanol–water partition coefficient (Wildman–Crippen LogP) is 3.81. The van der Waals surface area contributed by atoms with Crippen molar-refractivity contribution in [2.75, 3.05) is 5.73 Å². The van der Waals surface area contributed by atoms with Crippen LogP contribution in [0.25, 0.3) is 9.75 Å². The Morgan fingerprint density at radius 1 is 1.42 bits per heavy atom. The Morgan fingerprint density at radius 2 is 2.21 bits per heavy atom. The van der Waals surface area contributed by atoms with Crippen molar-refractivity contribution in [1.82, 2.24) is 0 Å². The summed E-state index contributed by atoms with van der Waals surface area (Å²) in [6, 6.07) is 2.23. The van der Waals surface area contributed by atoms with Gasteiger partial charge in [0.15, 0.2) is 0 Å². The number of aromatic carboxylic acids is 1. The number of hydrogen-bond acceptors (Lipinski definition) is 4. The van der Waals surface area contributed by atoms with Crippen LogP contribution in [0.5, 0.6) is 0 Å². The Hall–Kier alpha value is -1.33. The fourth-order valence-corrected chi connectivity index (χ4v) is 5.16. The Morgan fingerprint density at radius 3 is 2.84 bits per heavy atom. The van der Waals surface area contributed by atoms with E-state index in [9.17, 15) is 9.90 Å². The normalized spacial score (nSPS) is 13.7. The molecule has 100 valence electrons. The van der Waals surface area contributed by atoms with Gasteiger partial charge in [-0.15, -0.1) is 22.7 Å². The van der Waals surface area contributed by atoms with Crippen LogP contribution >= 0.6 is 22.7 Å². The van der Waals surface area contributed by atoms with Crippen molar-refractivity contribution in [3.63, 3.8) is 0 Å². The van der Waals surface area contributed by atoms with Gasteiger partial charge in [-0.25, -0.2) is 4.79 Å². The molecule has 19 heavy (non-hydrogen) atoms. The van der Waals surface area contributed by atoms with Gasteiger partial charge in [0.05, 0.1) is 10.6 Å². The molecule has 0 saturated heterocycles. The minimum atomic E-state index is -0.924. The van der Waals surface area contributed by atoms with E-state index in [1.807, 2.05) is 6.92 Å². The summed E-state index contributed by atoms with van der Waals surface area (Å²) >= 11 is 3.11. The second-order valence-electron chi connectivity index (χ2n) is 4.72. The highest BCUT2D eigenvalue weighted by Crippen LogP contribution is 2.44. The summed E-state index contributed by atoms with van der Waals surface area (Å²) in [5.41, 5.74) is 8.85. The number of anilines is 1. The highest BCUT2D eigenvalue weighted by molar-refractivity contribution is 7.23. The molecule has 0 radical (unpaired) electrons. The van der Waals surface area contributed by atoms with E-state index in [-0.39, 0.29) is 4.88 Å². The summed E-state index contributed by atoms with van der Waals surface area (Å²) in [7, 11) is 0. The van der Waals surface area contributed by atoms with Gasteiger partial charge in [0, 0.05) is 9.75 Å². The van der Waals surface area contributed by atoms with Gasteiger partial charge in [0.1, 0.15) is 4.88 Å². The molecule has 2 heterocycles. The number of aryl methyl sites for hydroxylation is 2. The van der Waals surface area contributed by atoms with Gasteiger partial charge in [-0.3, -0.25) is 0 Å². The molecule has 0 aromatic carbocycles. The molecule has 0 amide bonds. The van der Waals surface area contributed by atoms with Crippen molar-refractivity contribution in [2.24, 2.45) is 0 Å². The molecule has 1 aliphatic carbocycles. The number of thiophene rings is 2. The Bertz CT molecular complexity index is 633. The van der Waals surface area contributed by atoms with Crippen molar-refractivity contribution < 1.29 is 9.90 Å². The molecule has 2 aromatic heterocycles. The van der Waals surface area contributed by atoms with E-state index in [0.717, 1.165) is 29.7 Å². The quantitative estimate of drug-likeness (QED) is 0.904. The number of nitrogen functional groups attached to an aromatic ring is 1. The lowest BCUT2D eigenvalue weighted by Crippen LogP contribution is -1.99. The van der Waals surface area contributed by atoms with Crippen molar-refractivity contribution >= 4 is 34.3 Å². The zero-order valence-electron chi connectivity index (χ0n) is 10.7. The SMILES string of the molecule is CCc1c(-c2cc3c(s2)CCC3)sc(C(=O)O)c1N. The van der Waals surface area contributed by atoms with Crippen LogP contribution in [0.1, 0.15) is 39.0 Å². The highest BCUT2D eigenvalue weighted by atomic mass is 32.1. The van der Waals surface area contributed by atoms with E-state index in [4.69, 9.17) is 5.73 Å². The predicted molar refractivity (Wildman–Crippen MR) is 80.4 cm³/mol. The lowest BCUT2D eigenvalue weighted by atomic mass is 10.1. The fourth-order valence-electron chi connectivity index (χ4n) is 2.63. The molecule has 5 heteroatoms. The number of hydrogen-bond donors (Lipinski definition) is 2. The van der Waals surface area contributed by atoms with Crippen LogP contribution in [-0.2, 0) is 19.3 Å². The van der Waals surface area contributed by atoms with Crippen molar-refractivity contribution in [3.8, 4) is 9.75 Å². The zero-order valence-corrected chi connectivity index (χ0v) is 12.3. The number of rotatable bonds is 3. The molecular formula is C14H15NO2S2. The summed E-state index contributed by atoms with van der Waals surface area (Å²) in [5, 5.41) is 9.20. The lowest BCUT2D eigenvalue weighted by molar-refractivity contribution is 0.0703. The van der Waals surface area contributed by atoms with E-state index in [0.29, 0.717) is 5.69 Å². The van der Waals surface area contributed by atoms with Crippen LogP contribution in [0.15, 0.2) is 6.07 Å². The molecule has 3 rings (SSSR count).